The van der Waals surface area contributed by atoms with Gasteiger partial charge in [0.15, 0.2) is 0 Å². The molecule has 1 aliphatic heterocycles. The van der Waals surface area contributed by atoms with Gasteiger partial charge in [-0.2, -0.15) is 0 Å². The second kappa shape index (κ2) is 5.30. The van der Waals surface area contributed by atoms with Crippen LogP contribution in [0.25, 0.3) is 0 Å². The lowest BCUT2D eigenvalue weighted by Crippen LogP contribution is -2.46. The Morgan fingerprint density at radius 3 is 2.38 bits per heavy atom. The molecule has 1 unspecified atom stereocenters. The second-order valence-electron chi connectivity index (χ2n) is 7.91. The predicted molar refractivity (Wildman–Crippen MR) is 86.2 cm³/mol. The number of aromatic carboxylic acids is 1. The number of carboxylic acids is 1. The molecule has 3 atom stereocenters. The van der Waals surface area contributed by atoms with Crippen LogP contribution >= 0.6 is 0 Å². The Kier molecular flexibility index (Phi) is 3.44. The van der Waals surface area contributed by atoms with Gasteiger partial charge in [-0.3, -0.25) is 4.79 Å². The smallest absolute Gasteiger partial charge is 0.338 e. The molecule has 0 aromatic heterocycles. The summed E-state index contributed by atoms with van der Waals surface area (Å²) in [6, 6.07) is 4.66. The van der Waals surface area contributed by atoms with Crippen LogP contribution in [0.3, 0.4) is 0 Å². The zero-order chi connectivity index (χ0) is 17.1. The molecule has 1 aromatic rings. The van der Waals surface area contributed by atoms with Crippen LogP contribution in [0.15, 0.2) is 18.2 Å². The third-order valence-electron chi connectivity index (χ3n) is 6.26. The number of halogens is 1. The molecule has 3 fully saturated rings. The Morgan fingerprint density at radius 1 is 1.21 bits per heavy atom. The number of carbonyl (C=O) groups excluding carboxylic acids is 1. The summed E-state index contributed by atoms with van der Waals surface area (Å²) >= 11 is 0. The summed E-state index contributed by atoms with van der Waals surface area (Å²) in [7, 11) is 0. The van der Waals surface area contributed by atoms with Crippen LogP contribution in [-0.2, 0) is 4.79 Å². The average Bonchev–Trinajstić information content (AvgIpc) is 3.25. The summed E-state index contributed by atoms with van der Waals surface area (Å²) in [6.07, 6.45) is 3.89. The average molecular weight is 331 g/mol. The Labute approximate surface area is 140 Å². The molecular formula is C19H22FNO3. The summed E-state index contributed by atoms with van der Waals surface area (Å²) in [5.41, 5.74) is 0.101. The van der Waals surface area contributed by atoms with Crippen molar-refractivity contribution in [1.82, 2.24) is 4.90 Å². The summed E-state index contributed by atoms with van der Waals surface area (Å²) in [6.45, 7) is 3.37. The molecule has 2 aliphatic carbocycles. The third kappa shape index (κ3) is 2.33. The Morgan fingerprint density at radius 2 is 1.83 bits per heavy atom. The van der Waals surface area contributed by atoms with Crippen LogP contribution in [0.2, 0.25) is 0 Å². The minimum Gasteiger partial charge on any atom is -0.478 e. The molecule has 128 valence electrons. The topological polar surface area (TPSA) is 57.6 Å². The summed E-state index contributed by atoms with van der Waals surface area (Å²) in [4.78, 5) is 25.8. The maximum Gasteiger partial charge on any atom is 0.338 e. The Balaban J connectivity index is 1.60. The zero-order valence-electron chi connectivity index (χ0n) is 13.8. The molecule has 1 saturated heterocycles. The molecule has 4 nitrogen and oxygen atoms in total. The van der Waals surface area contributed by atoms with Gasteiger partial charge < -0.3 is 10.0 Å². The van der Waals surface area contributed by atoms with Gasteiger partial charge >= 0.3 is 5.97 Å². The number of nitrogens with zero attached hydrogens (tertiary/aromatic N) is 1. The van der Waals surface area contributed by atoms with E-state index in [1.54, 1.807) is 12.1 Å². The largest absolute Gasteiger partial charge is 0.478 e. The van der Waals surface area contributed by atoms with Crippen molar-refractivity contribution in [2.75, 3.05) is 13.1 Å². The second-order valence-corrected chi connectivity index (χ2v) is 7.91. The highest BCUT2D eigenvalue weighted by molar-refractivity contribution is 5.88. The number of piperidine rings is 1. The van der Waals surface area contributed by atoms with E-state index < -0.39 is 11.8 Å². The molecule has 2 saturated carbocycles. The SMILES string of the molecule is CC1(C(=O)N2C[C@H]3CC[C@@H](C2)C3c2cccc(C(=O)O)c2F)CC1. The minimum absolute atomic E-state index is 0.0281. The molecule has 24 heavy (non-hydrogen) atoms. The number of amides is 1. The van der Waals surface area contributed by atoms with E-state index in [0.29, 0.717) is 18.7 Å². The van der Waals surface area contributed by atoms with Crippen molar-refractivity contribution in [2.24, 2.45) is 17.3 Å². The van der Waals surface area contributed by atoms with E-state index in [4.69, 9.17) is 5.11 Å². The fraction of sp³-hybridized carbons (Fsp3) is 0.579. The molecule has 1 N–H and O–H groups in total. The van der Waals surface area contributed by atoms with Crippen LogP contribution in [0.1, 0.15) is 54.4 Å². The van der Waals surface area contributed by atoms with Crippen LogP contribution in [0.5, 0.6) is 0 Å². The number of fused-ring (bicyclic) bond motifs is 2. The van der Waals surface area contributed by atoms with E-state index in [0.717, 1.165) is 25.7 Å². The van der Waals surface area contributed by atoms with E-state index in [1.165, 1.54) is 6.07 Å². The van der Waals surface area contributed by atoms with Crippen molar-refractivity contribution in [2.45, 2.75) is 38.5 Å². The van der Waals surface area contributed by atoms with Crippen LogP contribution in [0.4, 0.5) is 4.39 Å². The fourth-order valence-electron chi connectivity index (χ4n) is 4.65. The Bertz CT molecular complexity index is 699. The van der Waals surface area contributed by atoms with Gasteiger partial charge in [-0.05, 0) is 55.1 Å². The van der Waals surface area contributed by atoms with Crippen molar-refractivity contribution in [3.05, 3.63) is 35.1 Å². The van der Waals surface area contributed by atoms with Crippen molar-refractivity contribution >= 4 is 11.9 Å². The van der Waals surface area contributed by atoms with Gasteiger partial charge in [-0.1, -0.05) is 19.1 Å². The number of hydrogen-bond donors (Lipinski definition) is 1. The molecule has 5 heteroatoms. The number of likely N-dealkylation sites (tertiary alicyclic amines) is 1. The quantitative estimate of drug-likeness (QED) is 0.925. The normalized spacial score (nSPS) is 30.2. The van der Waals surface area contributed by atoms with Crippen LogP contribution < -0.4 is 0 Å². The van der Waals surface area contributed by atoms with Crippen LogP contribution in [-0.4, -0.2) is 35.0 Å². The van der Waals surface area contributed by atoms with Crippen molar-refractivity contribution in [3.63, 3.8) is 0 Å². The van der Waals surface area contributed by atoms with Crippen molar-refractivity contribution < 1.29 is 19.1 Å². The highest BCUT2D eigenvalue weighted by Gasteiger charge is 2.51. The van der Waals surface area contributed by atoms with E-state index >= 15 is 0 Å². The monoisotopic (exact) mass is 331 g/mol. The van der Waals surface area contributed by atoms with E-state index in [1.807, 2.05) is 11.8 Å². The van der Waals surface area contributed by atoms with Gasteiger partial charge in [0.05, 0.1) is 5.56 Å². The van der Waals surface area contributed by atoms with Gasteiger partial charge in [-0.25, -0.2) is 9.18 Å². The van der Waals surface area contributed by atoms with Crippen molar-refractivity contribution in [3.8, 4) is 0 Å². The first-order valence-electron chi connectivity index (χ1n) is 8.72. The number of carbonyl (C=O) groups is 2. The fourth-order valence-corrected chi connectivity index (χ4v) is 4.65. The van der Waals surface area contributed by atoms with Gasteiger partial charge in [0.1, 0.15) is 5.82 Å². The molecule has 0 spiro atoms. The predicted octanol–water partition coefficient (Wildman–Crippen LogP) is 3.28. The van der Waals surface area contributed by atoms with Crippen LogP contribution in [0, 0.1) is 23.1 Å². The molecule has 3 aliphatic rings. The maximum atomic E-state index is 14.7. The van der Waals surface area contributed by atoms with E-state index in [2.05, 4.69) is 0 Å². The Hall–Kier alpha value is -1.91. The van der Waals surface area contributed by atoms with Gasteiger partial charge in [0.25, 0.3) is 0 Å². The molecule has 0 radical (unpaired) electrons. The third-order valence-corrected chi connectivity index (χ3v) is 6.26. The first kappa shape index (κ1) is 15.6. The molecular weight excluding hydrogens is 309 g/mol. The van der Waals surface area contributed by atoms with Gasteiger partial charge in [-0.15, -0.1) is 0 Å². The minimum atomic E-state index is -1.23. The molecule has 4 rings (SSSR count). The summed E-state index contributed by atoms with van der Waals surface area (Å²) in [5.74, 6) is -1.09. The summed E-state index contributed by atoms with van der Waals surface area (Å²) in [5, 5.41) is 9.15. The van der Waals surface area contributed by atoms with E-state index in [9.17, 15) is 14.0 Å². The molecule has 1 amide bonds. The number of carboxylic acid groups (broad SMARTS) is 1. The number of rotatable bonds is 3. The molecule has 1 aromatic carbocycles. The van der Waals surface area contributed by atoms with Crippen molar-refractivity contribution in [1.29, 1.82) is 0 Å². The molecule has 1 heterocycles. The maximum absolute atomic E-state index is 14.7. The standard InChI is InChI=1S/C19H22FNO3/c1-19(7-8-19)18(24)21-9-11-5-6-12(10-21)15(11)13-3-2-4-14(16(13)20)17(22)23/h2-4,11-12,15H,5-10H2,1H3,(H,22,23)/t11-,12+,15?. The lowest BCUT2D eigenvalue weighted by atomic mass is 9.79. The number of hydrogen-bond acceptors (Lipinski definition) is 2. The summed E-state index contributed by atoms with van der Waals surface area (Å²) < 4.78 is 14.7. The lowest BCUT2D eigenvalue weighted by Gasteiger charge is -2.39. The zero-order valence-corrected chi connectivity index (χ0v) is 13.8. The van der Waals surface area contributed by atoms with E-state index in [-0.39, 0.29) is 34.6 Å². The first-order chi connectivity index (χ1) is 11.4. The highest BCUT2D eigenvalue weighted by Crippen LogP contribution is 2.52. The molecule has 2 bridgehead atoms. The van der Waals surface area contributed by atoms with Gasteiger partial charge in [0.2, 0.25) is 5.91 Å². The first-order valence-corrected chi connectivity index (χ1v) is 8.72. The number of benzene rings is 1. The highest BCUT2D eigenvalue weighted by atomic mass is 19.1. The van der Waals surface area contributed by atoms with Gasteiger partial charge in [0, 0.05) is 18.5 Å². The lowest BCUT2D eigenvalue weighted by molar-refractivity contribution is -0.138.